The first-order valence-corrected chi connectivity index (χ1v) is 4.72. The molecular weight excluding hydrogens is 144 g/mol. The van der Waals surface area contributed by atoms with Crippen LogP contribution in [0.4, 0.5) is 0 Å². The number of fused-ring (bicyclic) bond motifs is 1. The highest BCUT2D eigenvalue weighted by Crippen LogP contribution is 2.21. The molecule has 1 aliphatic rings. The number of hydrogen-bond donors (Lipinski definition) is 0. The second-order valence-electron chi connectivity index (χ2n) is 2.56. The van der Waals surface area contributed by atoms with E-state index in [0.717, 1.165) is 18.2 Å². The van der Waals surface area contributed by atoms with Crippen molar-refractivity contribution in [1.29, 1.82) is 0 Å². The van der Waals surface area contributed by atoms with Crippen LogP contribution in [0.25, 0.3) is 0 Å². The summed E-state index contributed by atoms with van der Waals surface area (Å²) >= 11 is 1.93. The molecule has 2 heterocycles. The van der Waals surface area contributed by atoms with Gasteiger partial charge in [-0.05, 0) is 6.26 Å². The predicted molar refractivity (Wildman–Crippen MR) is 43.2 cm³/mol. The van der Waals surface area contributed by atoms with Gasteiger partial charge in [-0.2, -0.15) is 11.8 Å². The van der Waals surface area contributed by atoms with Crippen LogP contribution >= 0.6 is 11.8 Å². The molecule has 1 aliphatic heterocycles. The van der Waals surface area contributed by atoms with E-state index in [-0.39, 0.29) is 0 Å². The number of hydrogen-bond acceptors (Lipinski definition) is 2. The maximum atomic E-state index is 4.24. The lowest BCUT2D eigenvalue weighted by Crippen LogP contribution is -2.02. The SMILES string of the molecule is CSC1Cc2nccn2C1. The zero-order chi connectivity index (χ0) is 6.97. The first-order valence-electron chi connectivity index (χ1n) is 3.43. The van der Waals surface area contributed by atoms with Gasteiger partial charge in [0, 0.05) is 30.6 Å². The van der Waals surface area contributed by atoms with Crippen molar-refractivity contribution < 1.29 is 0 Å². The molecule has 0 fully saturated rings. The summed E-state index contributed by atoms with van der Waals surface area (Å²) < 4.78 is 2.24. The summed E-state index contributed by atoms with van der Waals surface area (Å²) in [7, 11) is 0. The highest BCUT2D eigenvalue weighted by molar-refractivity contribution is 7.99. The molecule has 0 amide bonds. The highest BCUT2D eigenvalue weighted by atomic mass is 32.2. The van der Waals surface area contributed by atoms with Crippen molar-refractivity contribution in [2.75, 3.05) is 6.26 Å². The summed E-state index contributed by atoms with van der Waals surface area (Å²) in [5, 5.41) is 0.767. The fraction of sp³-hybridized carbons (Fsp3) is 0.571. The van der Waals surface area contributed by atoms with Gasteiger partial charge in [0.05, 0.1) is 0 Å². The Balaban J connectivity index is 2.21. The second kappa shape index (κ2) is 2.31. The van der Waals surface area contributed by atoms with Crippen LogP contribution < -0.4 is 0 Å². The van der Waals surface area contributed by atoms with Crippen molar-refractivity contribution >= 4 is 11.8 Å². The minimum atomic E-state index is 0.767. The summed E-state index contributed by atoms with van der Waals surface area (Å²) in [5.41, 5.74) is 0. The minimum Gasteiger partial charge on any atom is -0.334 e. The number of thioether (sulfide) groups is 1. The molecule has 2 nitrogen and oxygen atoms in total. The lowest BCUT2D eigenvalue weighted by molar-refractivity contribution is 0.763. The van der Waals surface area contributed by atoms with Gasteiger partial charge in [0.15, 0.2) is 0 Å². The Morgan fingerprint density at radius 2 is 2.70 bits per heavy atom. The first-order chi connectivity index (χ1) is 4.90. The molecule has 3 heteroatoms. The monoisotopic (exact) mass is 154 g/mol. The number of rotatable bonds is 1. The van der Waals surface area contributed by atoms with Crippen molar-refractivity contribution in [2.24, 2.45) is 0 Å². The molecular formula is C7H10N2S. The van der Waals surface area contributed by atoms with E-state index in [9.17, 15) is 0 Å². The molecule has 2 rings (SSSR count). The molecule has 1 aromatic rings. The van der Waals surface area contributed by atoms with Crippen LogP contribution in [-0.4, -0.2) is 21.1 Å². The van der Waals surface area contributed by atoms with Crippen molar-refractivity contribution in [3.63, 3.8) is 0 Å². The third kappa shape index (κ3) is 0.850. The van der Waals surface area contributed by atoms with Gasteiger partial charge in [0.2, 0.25) is 0 Å². The fourth-order valence-electron chi connectivity index (χ4n) is 1.34. The first kappa shape index (κ1) is 6.28. The molecule has 0 aromatic carbocycles. The highest BCUT2D eigenvalue weighted by Gasteiger charge is 2.19. The van der Waals surface area contributed by atoms with Crippen LogP contribution in [-0.2, 0) is 13.0 Å². The van der Waals surface area contributed by atoms with Gasteiger partial charge in [-0.15, -0.1) is 0 Å². The van der Waals surface area contributed by atoms with Gasteiger partial charge in [-0.25, -0.2) is 4.98 Å². The zero-order valence-corrected chi connectivity index (χ0v) is 6.77. The van der Waals surface area contributed by atoms with Gasteiger partial charge < -0.3 is 4.57 Å². The molecule has 0 aliphatic carbocycles. The number of nitrogens with zero attached hydrogens (tertiary/aromatic N) is 2. The Bertz CT molecular complexity index is 211. The summed E-state index contributed by atoms with van der Waals surface area (Å²) in [6.07, 6.45) is 7.25. The Labute approximate surface area is 64.6 Å². The van der Waals surface area contributed by atoms with E-state index in [1.54, 1.807) is 0 Å². The normalized spacial score (nSPS) is 23.1. The van der Waals surface area contributed by atoms with Gasteiger partial charge in [0.1, 0.15) is 5.82 Å². The molecule has 1 atom stereocenters. The molecule has 10 heavy (non-hydrogen) atoms. The van der Waals surface area contributed by atoms with Crippen LogP contribution in [0.3, 0.4) is 0 Å². The molecule has 1 aromatic heterocycles. The average Bonchev–Trinajstić information content (AvgIpc) is 2.42. The van der Waals surface area contributed by atoms with E-state index in [4.69, 9.17) is 0 Å². The van der Waals surface area contributed by atoms with Crippen LogP contribution in [0.1, 0.15) is 5.82 Å². The average molecular weight is 154 g/mol. The van der Waals surface area contributed by atoms with Crippen molar-refractivity contribution in [2.45, 2.75) is 18.2 Å². The Morgan fingerprint density at radius 1 is 1.80 bits per heavy atom. The van der Waals surface area contributed by atoms with Crippen LogP contribution in [0.15, 0.2) is 12.4 Å². The smallest absolute Gasteiger partial charge is 0.109 e. The van der Waals surface area contributed by atoms with Crippen LogP contribution in [0.5, 0.6) is 0 Å². The second-order valence-corrected chi connectivity index (χ2v) is 3.70. The van der Waals surface area contributed by atoms with Crippen molar-refractivity contribution in [1.82, 2.24) is 9.55 Å². The Kier molecular flexibility index (Phi) is 1.45. The van der Waals surface area contributed by atoms with Crippen molar-refractivity contribution in [3.05, 3.63) is 18.2 Å². The maximum absolute atomic E-state index is 4.24. The number of imidazole rings is 1. The lowest BCUT2D eigenvalue weighted by Gasteiger charge is -2.01. The molecule has 0 saturated carbocycles. The van der Waals surface area contributed by atoms with E-state index >= 15 is 0 Å². The van der Waals surface area contributed by atoms with Crippen LogP contribution in [0.2, 0.25) is 0 Å². The van der Waals surface area contributed by atoms with Crippen LogP contribution in [0, 0.1) is 0 Å². The van der Waals surface area contributed by atoms with E-state index in [1.165, 1.54) is 5.82 Å². The molecule has 0 N–H and O–H groups in total. The third-order valence-corrected chi connectivity index (χ3v) is 2.93. The van der Waals surface area contributed by atoms with Gasteiger partial charge in [0.25, 0.3) is 0 Å². The molecule has 0 saturated heterocycles. The summed E-state index contributed by atoms with van der Waals surface area (Å²) in [6, 6.07) is 0. The largest absolute Gasteiger partial charge is 0.334 e. The topological polar surface area (TPSA) is 17.8 Å². The summed E-state index contributed by atoms with van der Waals surface area (Å²) in [5.74, 6) is 1.25. The van der Waals surface area contributed by atoms with Gasteiger partial charge >= 0.3 is 0 Å². The minimum absolute atomic E-state index is 0.767. The van der Waals surface area contributed by atoms with E-state index in [2.05, 4.69) is 22.0 Å². The van der Waals surface area contributed by atoms with Gasteiger partial charge in [-0.1, -0.05) is 0 Å². The summed E-state index contributed by atoms with van der Waals surface area (Å²) in [6.45, 7) is 1.15. The molecule has 0 bridgehead atoms. The fourth-order valence-corrected chi connectivity index (χ4v) is 1.97. The standard InChI is InChI=1S/C7H10N2S/c1-10-6-4-7-8-2-3-9(7)5-6/h2-3,6H,4-5H2,1H3. The van der Waals surface area contributed by atoms with Gasteiger partial charge in [-0.3, -0.25) is 0 Å². The molecule has 0 radical (unpaired) electrons. The third-order valence-electron chi connectivity index (χ3n) is 1.95. The molecule has 0 spiro atoms. The predicted octanol–water partition coefficient (Wildman–Crippen LogP) is 1.17. The Hall–Kier alpha value is -0.440. The van der Waals surface area contributed by atoms with E-state index in [1.807, 2.05) is 18.0 Å². The van der Waals surface area contributed by atoms with Crippen molar-refractivity contribution in [3.8, 4) is 0 Å². The molecule has 54 valence electrons. The number of aromatic nitrogens is 2. The van der Waals surface area contributed by atoms with E-state index in [0.29, 0.717) is 0 Å². The lowest BCUT2D eigenvalue weighted by atomic mass is 10.3. The quantitative estimate of drug-likeness (QED) is 0.604. The van der Waals surface area contributed by atoms with E-state index < -0.39 is 0 Å². The maximum Gasteiger partial charge on any atom is 0.109 e. The Morgan fingerprint density at radius 3 is 3.40 bits per heavy atom. The molecule has 1 unspecified atom stereocenters. The zero-order valence-electron chi connectivity index (χ0n) is 5.95. The summed E-state index contributed by atoms with van der Waals surface area (Å²) in [4.78, 5) is 4.24.